The lowest BCUT2D eigenvalue weighted by atomic mass is 10.4. The summed E-state index contributed by atoms with van der Waals surface area (Å²) in [5.41, 5.74) is 0. The van der Waals surface area contributed by atoms with Crippen LogP contribution in [-0.2, 0) is 9.53 Å². The van der Waals surface area contributed by atoms with Gasteiger partial charge in [-0.2, -0.15) is 0 Å². The van der Waals surface area contributed by atoms with Crippen LogP contribution in [0.5, 0.6) is 0 Å². The van der Waals surface area contributed by atoms with Gasteiger partial charge < -0.3 is 9.22 Å². The Balaban J connectivity index is 2.27. The summed E-state index contributed by atoms with van der Waals surface area (Å²) in [6, 6.07) is 0. The third-order valence-electron chi connectivity index (χ3n) is 3.06. The van der Waals surface area contributed by atoms with Crippen molar-refractivity contribution >= 4 is 5.97 Å². The predicted octanol–water partition coefficient (Wildman–Crippen LogP) is 1.18. The van der Waals surface area contributed by atoms with Gasteiger partial charge in [-0.05, 0) is 6.92 Å². The molecule has 1 rings (SSSR count). The number of esters is 1. The molecule has 1 aliphatic rings. The lowest BCUT2D eigenvalue weighted by Crippen LogP contribution is -2.47. The van der Waals surface area contributed by atoms with Crippen LogP contribution in [0.3, 0.4) is 0 Å². The summed E-state index contributed by atoms with van der Waals surface area (Å²) in [4.78, 5) is 10.6. The van der Waals surface area contributed by atoms with Gasteiger partial charge in [0.05, 0.1) is 19.6 Å². The fourth-order valence-electron chi connectivity index (χ4n) is 2.09. The normalized spacial score (nSPS) is 20.2. The van der Waals surface area contributed by atoms with E-state index in [4.69, 9.17) is 4.74 Å². The number of likely N-dealkylation sites (N-methyl/N-ethyl adjacent to an activating group) is 1. The molecule has 3 nitrogen and oxygen atoms in total. The Morgan fingerprint density at radius 3 is 2.46 bits per heavy atom. The van der Waals surface area contributed by atoms with E-state index in [9.17, 15) is 4.79 Å². The predicted molar refractivity (Wildman–Crippen MR) is 51.3 cm³/mol. The van der Waals surface area contributed by atoms with E-state index < -0.39 is 0 Å². The first-order valence-electron chi connectivity index (χ1n) is 5.17. The van der Waals surface area contributed by atoms with Gasteiger partial charge in [0.2, 0.25) is 0 Å². The fourth-order valence-corrected chi connectivity index (χ4v) is 2.09. The van der Waals surface area contributed by atoms with Crippen molar-refractivity contribution < 1.29 is 14.0 Å². The Morgan fingerprint density at radius 2 is 2.00 bits per heavy atom. The molecule has 0 atom stereocenters. The standard InChI is InChI=1S/C10H20NO2/c1-3-11(6-4-5-7-11)8-9-13-10(2)12/h3-9H2,1-2H3/q+1. The number of carbonyl (C=O) groups excluding carboxylic acids is 1. The minimum Gasteiger partial charge on any atom is -0.460 e. The molecule has 0 spiro atoms. The highest BCUT2D eigenvalue weighted by Gasteiger charge is 2.29. The van der Waals surface area contributed by atoms with Crippen LogP contribution >= 0.6 is 0 Å². The van der Waals surface area contributed by atoms with E-state index in [-0.39, 0.29) is 5.97 Å². The van der Waals surface area contributed by atoms with Crippen LogP contribution < -0.4 is 0 Å². The van der Waals surface area contributed by atoms with Gasteiger partial charge in [-0.1, -0.05) is 0 Å². The minimum atomic E-state index is -0.159. The van der Waals surface area contributed by atoms with E-state index in [1.165, 1.54) is 39.4 Å². The molecule has 0 unspecified atom stereocenters. The van der Waals surface area contributed by atoms with Crippen LogP contribution in [0.15, 0.2) is 0 Å². The molecule has 13 heavy (non-hydrogen) atoms. The molecule has 0 saturated carbocycles. The van der Waals surface area contributed by atoms with Crippen LogP contribution in [0, 0.1) is 0 Å². The molecule has 76 valence electrons. The number of nitrogens with zero attached hydrogens (tertiary/aromatic N) is 1. The van der Waals surface area contributed by atoms with Gasteiger partial charge in [-0.15, -0.1) is 0 Å². The average molecular weight is 186 g/mol. The molecule has 1 fully saturated rings. The number of rotatable bonds is 4. The smallest absolute Gasteiger partial charge is 0.302 e. The molecule has 0 aromatic heterocycles. The Hall–Kier alpha value is -0.570. The number of ether oxygens (including phenoxy) is 1. The molecular weight excluding hydrogens is 166 g/mol. The minimum absolute atomic E-state index is 0.159. The number of quaternary nitrogens is 1. The van der Waals surface area contributed by atoms with Crippen molar-refractivity contribution in [2.45, 2.75) is 26.7 Å². The quantitative estimate of drug-likeness (QED) is 0.487. The van der Waals surface area contributed by atoms with Crippen LogP contribution in [-0.4, -0.2) is 43.2 Å². The summed E-state index contributed by atoms with van der Waals surface area (Å²) in [5, 5.41) is 0. The van der Waals surface area contributed by atoms with Crippen molar-refractivity contribution in [2.75, 3.05) is 32.8 Å². The number of hydrogen-bond donors (Lipinski definition) is 0. The van der Waals surface area contributed by atoms with Crippen molar-refractivity contribution in [3.63, 3.8) is 0 Å². The molecule has 0 radical (unpaired) electrons. The topological polar surface area (TPSA) is 26.3 Å². The maximum Gasteiger partial charge on any atom is 0.302 e. The van der Waals surface area contributed by atoms with Gasteiger partial charge in [-0.25, -0.2) is 0 Å². The highest BCUT2D eigenvalue weighted by atomic mass is 16.5. The highest BCUT2D eigenvalue weighted by Crippen LogP contribution is 2.18. The Morgan fingerprint density at radius 1 is 1.38 bits per heavy atom. The zero-order valence-corrected chi connectivity index (χ0v) is 8.71. The van der Waals surface area contributed by atoms with Crippen molar-refractivity contribution in [1.29, 1.82) is 0 Å². The Kier molecular flexibility index (Phi) is 3.72. The SMILES string of the molecule is CC[N+]1(CCOC(C)=O)CCCC1. The summed E-state index contributed by atoms with van der Waals surface area (Å²) in [5.74, 6) is -0.159. The monoisotopic (exact) mass is 186 g/mol. The van der Waals surface area contributed by atoms with Gasteiger partial charge in [0.15, 0.2) is 0 Å². The summed E-state index contributed by atoms with van der Waals surface area (Å²) < 4.78 is 6.12. The summed E-state index contributed by atoms with van der Waals surface area (Å²) >= 11 is 0. The second kappa shape index (κ2) is 4.61. The van der Waals surface area contributed by atoms with Crippen molar-refractivity contribution in [1.82, 2.24) is 0 Å². The maximum atomic E-state index is 10.6. The second-order valence-corrected chi connectivity index (χ2v) is 3.88. The largest absolute Gasteiger partial charge is 0.460 e. The van der Waals surface area contributed by atoms with E-state index in [0.29, 0.717) is 6.61 Å². The van der Waals surface area contributed by atoms with Gasteiger partial charge in [0, 0.05) is 19.8 Å². The second-order valence-electron chi connectivity index (χ2n) is 3.88. The zero-order chi connectivity index (χ0) is 9.73. The number of carbonyl (C=O) groups is 1. The van der Waals surface area contributed by atoms with E-state index in [1.807, 2.05) is 0 Å². The Labute approximate surface area is 80.3 Å². The van der Waals surface area contributed by atoms with Crippen molar-refractivity contribution in [3.8, 4) is 0 Å². The number of hydrogen-bond acceptors (Lipinski definition) is 2. The van der Waals surface area contributed by atoms with E-state index in [2.05, 4.69) is 6.92 Å². The molecule has 0 aromatic rings. The first-order chi connectivity index (χ1) is 6.18. The molecule has 0 aromatic carbocycles. The van der Waals surface area contributed by atoms with Crippen LogP contribution in [0.2, 0.25) is 0 Å². The first-order valence-corrected chi connectivity index (χ1v) is 5.17. The van der Waals surface area contributed by atoms with Crippen LogP contribution in [0.1, 0.15) is 26.7 Å². The fraction of sp³-hybridized carbons (Fsp3) is 0.900. The molecule has 0 N–H and O–H groups in total. The lowest BCUT2D eigenvalue weighted by molar-refractivity contribution is -0.915. The lowest BCUT2D eigenvalue weighted by Gasteiger charge is -2.32. The molecular formula is C10H20NO2+. The van der Waals surface area contributed by atoms with E-state index in [0.717, 1.165) is 11.0 Å². The highest BCUT2D eigenvalue weighted by molar-refractivity contribution is 5.65. The first kappa shape index (κ1) is 10.5. The van der Waals surface area contributed by atoms with Crippen molar-refractivity contribution in [2.24, 2.45) is 0 Å². The van der Waals surface area contributed by atoms with Crippen molar-refractivity contribution in [3.05, 3.63) is 0 Å². The third-order valence-corrected chi connectivity index (χ3v) is 3.06. The molecule has 0 aliphatic carbocycles. The summed E-state index contributed by atoms with van der Waals surface area (Å²) in [6.45, 7) is 8.97. The molecule has 1 aliphatic heterocycles. The summed E-state index contributed by atoms with van der Waals surface area (Å²) in [6.07, 6.45) is 2.65. The maximum absolute atomic E-state index is 10.6. The van der Waals surface area contributed by atoms with Gasteiger partial charge >= 0.3 is 5.97 Å². The Bertz CT molecular complexity index is 174. The van der Waals surface area contributed by atoms with Gasteiger partial charge in [-0.3, -0.25) is 4.79 Å². The van der Waals surface area contributed by atoms with Gasteiger partial charge in [0.1, 0.15) is 13.2 Å². The van der Waals surface area contributed by atoms with Crippen LogP contribution in [0.4, 0.5) is 0 Å². The van der Waals surface area contributed by atoms with E-state index >= 15 is 0 Å². The van der Waals surface area contributed by atoms with Gasteiger partial charge in [0.25, 0.3) is 0 Å². The molecule has 1 heterocycles. The molecule has 3 heteroatoms. The molecule has 0 bridgehead atoms. The zero-order valence-electron chi connectivity index (χ0n) is 8.71. The summed E-state index contributed by atoms with van der Waals surface area (Å²) in [7, 11) is 0. The third kappa shape index (κ3) is 2.99. The average Bonchev–Trinajstić information content (AvgIpc) is 2.53. The van der Waals surface area contributed by atoms with E-state index in [1.54, 1.807) is 0 Å². The molecule has 0 amide bonds. The van der Waals surface area contributed by atoms with Crippen LogP contribution in [0.25, 0.3) is 0 Å². The molecule has 1 saturated heterocycles. The number of likely N-dealkylation sites (tertiary alicyclic amines) is 1.